The molecule has 6 heteroatoms. The number of furan rings is 1. The van der Waals surface area contributed by atoms with E-state index in [4.69, 9.17) is 8.94 Å². The number of benzene rings is 2. The zero-order valence-corrected chi connectivity index (χ0v) is 17.2. The summed E-state index contributed by atoms with van der Waals surface area (Å²) in [5.74, 6) is 0.305. The van der Waals surface area contributed by atoms with Crippen LogP contribution in [0.5, 0.6) is 0 Å². The molecule has 156 valence electrons. The van der Waals surface area contributed by atoms with Crippen LogP contribution < -0.4 is 5.32 Å². The number of carbonyl (C=O) groups is 1. The fraction of sp³-hybridized carbons (Fsp3) is 0.115. The lowest BCUT2D eigenvalue weighted by atomic mass is 10.0. The fourth-order valence-corrected chi connectivity index (χ4v) is 4.32. The highest BCUT2D eigenvalue weighted by Crippen LogP contribution is 2.33. The van der Waals surface area contributed by atoms with Crippen LogP contribution in [0.2, 0.25) is 0 Å². The van der Waals surface area contributed by atoms with E-state index in [-0.39, 0.29) is 11.6 Å². The minimum absolute atomic E-state index is 0.247. The van der Waals surface area contributed by atoms with Crippen molar-refractivity contribution >= 4 is 22.7 Å². The Bertz CT molecular complexity index is 1440. The van der Waals surface area contributed by atoms with Crippen LogP contribution >= 0.6 is 0 Å². The molecule has 0 spiro atoms. The molecule has 3 aromatic heterocycles. The summed E-state index contributed by atoms with van der Waals surface area (Å²) in [5.41, 5.74) is 6.10. The van der Waals surface area contributed by atoms with Crippen molar-refractivity contribution in [1.29, 1.82) is 0 Å². The van der Waals surface area contributed by atoms with Gasteiger partial charge in [-0.15, -0.1) is 0 Å². The Balaban J connectivity index is 1.48. The number of carbonyl (C=O) groups excluding carboxylic acids is 1. The standard InChI is InChI=1S/C26H19N3O3/c30-25(27-19-12-11-16-8-4-9-18(16)14-19)20-15-21(22-10-5-13-31-22)28-26-23(20)24(29-32-26)17-6-2-1-3-7-17/h1-3,5-7,10-15H,4,8-9H2,(H,27,30). The molecule has 0 saturated carbocycles. The lowest BCUT2D eigenvalue weighted by Gasteiger charge is -2.10. The van der Waals surface area contributed by atoms with Gasteiger partial charge in [0.2, 0.25) is 0 Å². The zero-order valence-electron chi connectivity index (χ0n) is 17.2. The van der Waals surface area contributed by atoms with Crippen molar-refractivity contribution in [2.45, 2.75) is 19.3 Å². The molecule has 0 atom stereocenters. The Morgan fingerprint density at radius 2 is 1.81 bits per heavy atom. The number of fused-ring (bicyclic) bond motifs is 2. The van der Waals surface area contributed by atoms with Crippen molar-refractivity contribution in [3.63, 3.8) is 0 Å². The molecule has 1 amide bonds. The number of aryl methyl sites for hydroxylation is 2. The third kappa shape index (κ3) is 3.17. The molecule has 0 unspecified atom stereocenters. The summed E-state index contributed by atoms with van der Waals surface area (Å²) in [4.78, 5) is 18.1. The predicted octanol–water partition coefficient (Wildman–Crippen LogP) is 5.89. The van der Waals surface area contributed by atoms with E-state index in [0.29, 0.717) is 28.1 Å². The molecule has 0 bridgehead atoms. The number of aromatic nitrogens is 2. The quantitative estimate of drug-likeness (QED) is 0.391. The van der Waals surface area contributed by atoms with E-state index < -0.39 is 0 Å². The van der Waals surface area contributed by atoms with E-state index >= 15 is 0 Å². The molecule has 0 fully saturated rings. The highest BCUT2D eigenvalue weighted by molar-refractivity contribution is 6.15. The van der Waals surface area contributed by atoms with Crippen molar-refractivity contribution < 1.29 is 13.7 Å². The average molecular weight is 421 g/mol. The molecule has 5 aromatic rings. The SMILES string of the molecule is O=C(Nc1ccc2c(c1)CCC2)c1cc(-c2ccco2)nc2onc(-c3ccccc3)c12. The molecule has 1 aliphatic rings. The van der Waals surface area contributed by atoms with Crippen LogP contribution in [0.3, 0.4) is 0 Å². The van der Waals surface area contributed by atoms with Gasteiger partial charge in [-0.2, -0.15) is 0 Å². The Kier molecular flexibility index (Phi) is 4.35. The summed E-state index contributed by atoms with van der Waals surface area (Å²) < 4.78 is 11.1. The lowest BCUT2D eigenvalue weighted by Crippen LogP contribution is -2.13. The number of rotatable bonds is 4. The van der Waals surface area contributed by atoms with Gasteiger partial charge in [0.05, 0.1) is 17.2 Å². The Labute approximate surface area is 183 Å². The minimum Gasteiger partial charge on any atom is -0.463 e. The van der Waals surface area contributed by atoms with Crippen LogP contribution in [0.15, 0.2) is 81.9 Å². The van der Waals surface area contributed by atoms with Gasteiger partial charge < -0.3 is 14.3 Å². The van der Waals surface area contributed by atoms with Crippen LogP contribution in [0.25, 0.3) is 33.8 Å². The normalized spacial score (nSPS) is 12.8. The molecule has 0 saturated heterocycles. The number of nitrogens with one attached hydrogen (secondary N) is 1. The molecular formula is C26H19N3O3. The number of hydrogen-bond acceptors (Lipinski definition) is 5. The smallest absolute Gasteiger partial charge is 0.259 e. The van der Waals surface area contributed by atoms with Gasteiger partial charge in [0, 0.05) is 11.3 Å². The molecule has 6 nitrogen and oxygen atoms in total. The van der Waals surface area contributed by atoms with Crippen molar-refractivity contribution in [3.8, 4) is 22.7 Å². The van der Waals surface area contributed by atoms with E-state index in [1.54, 1.807) is 24.5 Å². The third-order valence-corrected chi connectivity index (χ3v) is 5.87. The van der Waals surface area contributed by atoms with Crippen molar-refractivity contribution in [2.24, 2.45) is 0 Å². The third-order valence-electron chi connectivity index (χ3n) is 5.87. The van der Waals surface area contributed by atoms with Gasteiger partial charge in [0.1, 0.15) is 11.4 Å². The van der Waals surface area contributed by atoms with Crippen molar-refractivity contribution in [2.75, 3.05) is 5.32 Å². The van der Waals surface area contributed by atoms with Crippen LogP contribution in [0, 0.1) is 0 Å². The highest BCUT2D eigenvalue weighted by Gasteiger charge is 2.23. The fourth-order valence-electron chi connectivity index (χ4n) is 4.32. The van der Waals surface area contributed by atoms with Crippen LogP contribution in [0.1, 0.15) is 27.9 Å². The Morgan fingerprint density at radius 1 is 0.938 bits per heavy atom. The lowest BCUT2D eigenvalue weighted by molar-refractivity contribution is 0.102. The first-order valence-corrected chi connectivity index (χ1v) is 10.6. The van der Waals surface area contributed by atoms with Gasteiger partial charge in [-0.3, -0.25) is 4.79 Å². The highest BCUT2D eigenvalue weighted by atomic mass is 16.5. The molecule has 3 heterocycles. The molecule has 0 aliphatic heterocycles. The molecule has 1 aliphatic carbocycles. The first kappa shape index (κ1) is 18.6. The van der Waals surface area contributed by atoms with Gasteiger partial charge in [-0.1, -0.05) is 41.6 Å². The van der Waals surface area contributed by atoms with E-state index in [0.717, 1.165) is 30.5 Å². The Morgan fingerprint density at radius 3 is 2.66 bits per heavy atom. The maximum absolute atomic E-state index is 13.5. The van der Waals surface area contributed by atoms with Gasteiger partial charge >= 0.3 is 0 Å². The molecule has 0 radical (unpaired) electrons. The van der Waals surface area contributed by atoms with Crippen molar-refractivity contribution in [1.82, 2.24) is 10.1 Å². The average Bonchev–Trinajstić information content (AvgIpc) is 3.59. The number of pyridine rings is 1. The maximum Gasteiger partial charge on any atom is 0.259 e. The maximum atomic E-state index is 13.5. The summed E-state index contributed by atoms with van der Waals surface area (Å²) >= 11 is 0. The summed E-state index contributed by atoms with van der Waals surface area (Å²) in [5, 5.41) is 7.87. The zero-order chi connectivity index (χ0) is 21.5. The molecular weight excluding hydrogens is 402 g/mol. The van der Waals surface area contributed by atoms with Gasteiger partial charge in [-0.05, 0) is 60.7 Å². The van der Waals surface area contributed by atoms with Crippen LogP contribution in [-0.4, -0.2) is 16.0 Å². The second kappa shape index (κ2) is 7.50. The summed E-state index contributed by atoms with van der Waals surface area (Å²) in [6, 6.07) is 21.1. The van der Waals surface area contributed by atoms with Crippen molar-refractivity contribution in [3.05, 3.63) is 89.7 Å². The monoisotopic (exact) mass is 421 g/mol. The van der Waals surface area contributed by atoms with E-state index in [1.165, 1.54) is 11.1 Å². The van der Waals surface area contributed by atoms with Gasteiger partial charge in [0.25, 0.3) is 11.6 Å². The second-order valence-electron chi connectivity index (χ2n) is 7.90. The number of nitrogens with zero attached hydrogens (tertiary/aromatic N) is 2. The first-order valence-electron chi connectivity index (χ1n) is 10.6. The second-order valence-corrected chi connectivity index (χ2v) is 7.90. The number of hydrogen-bond donors (Lipinski definition) is 1. The number of anilines is 1. The molecule has 6 rings (SSSR count). The summed E-state index contributed by atoms with van der Waals surface area (Å²) in [7, 11) is 0. The van der Waals surface area contributed by atoms with Crippen LogP contribution in [-0.2, 0) is 12.8 Å². The largest absolute Gasteiger partial charge is 0.463 e. The van der Waals surface area contributed by atoms with Crippen LogP contribution in [0.4, 0.5) is 5.69 Å². The minimum atomic E-state index is -0.247. The molecule has 2 aromatic carbocycles. The summed E-state index contributed by atoms with van der Waals surface area (Å²) in [6.45, 7) is 0. The van der Waals surface area contributed by atoms with Gasteiger partial charge in [-0.25, -0.2) is 4.98 Å². The van der Waals surface area contributed by atoms with E-state index in [1.807, 2.05) is 36.4 Å². The molecule has 32 heavy (non-hydrogen) atoms. The van der Waals surface area contributed by atoms with Gasteiger partial charge in [0.15, 0.2) is 5.76 Å². The Hall–Kier alpha value is -4.19. The first-order chi connectivity index (χ1) is 15.8. The predicted molar refractivity (Wildman–Crippen MR) is 121 cm³/mol. The molecule has 1 N–H and O–H groups in total. The number of amides is 1. The topological polar surface area (TPSA) is 81.2 Å². The van der Waals surface area contributed by atoms with E-state index in [9.17, 15) is 4.79 Å². The van der Waals surface area contributed by atoms with E-state index in [2.05, 4.69) is 27.6 Å². The summed E-state index contributed by atoms with van der Waals surface area (Å²) in [6.07, 6.45) is 4.87.